The quantitative estimate of drug-likeness (QED) is 0.712. The number of fused-ring (bicyclic) bond motifs is 4. The second-order valence-electron chi connectivity index (χ2n) is 7.27. The minimum absolute atomic E-state index is 0.0137. The van der Waals surface area contributed by atoms with Crippen LogP contribution in [0.25, 0.3) is 11.3 Å². The molecule has 0 amide bonds. The van der Waals surface area contributed by atoms with Gasteiger partial charge < -0.3 is 9.67 Å². The predicted octanol–water partition coefficient (Wildman–Crippen LogP) is 2.40. The highest BCUT2D eigenvalue weighted by atomic mass is 32.2. The number of benzene rings is 2. The van der Waals surface area contributed by atoms with Crippen LogP contribution in [0.1, 0.15) is 35.3 Å². The number of rotatable bonds is 2. The van der Waals surface area contributed by atoms with Gasteiger partial charge in [0.05, 0.1) is 35.3 Å². The first kappa shape index (κ1) is 16.7. The summed E-state index contributed by atoms with van der Waals surface area (Å²) >= 11 is 0. The molecule has 0 bridgehead atoms. The van der Waals surface area contributed by atoms with Crippen LogP contribution in [0.2, 0.25) is 0 Å². The summed E-state index contributed by atoms with van der Waals surface area (Å²) in [6.07, 6.45) is 4.45. The average molecular weight is 381 g/mol. The van der Waals surface area contributed by atoms with Crippen LogP contribution in [0.3, 0.4) is 0 Å². The van der Waals surface area contributed by atoms with Gasteiger partial charge >= 0.3 is 0 Å². The van der Waals surface area contributed by atoms with Crippen molar-refractivity contribution in [2.24, 2.45) is 11.1 Å². The topological polar surface area (TPSA) is 98.2 Å². The molecule has 7 heteroatoms. The lowest BCUT2D eigenvalue weighted by Gasteiger charge is -2.35. The summed E-state index contributed by atoms with van der Waals surface area (Å²) in [5.74, 6) is -0.0190. The number of aryl methyl sites for hydroxylation is 1. The van der Waals surface area contributed by atoms with Gasteiger partial charge in [-0.25, -0.2) is 18.5 Å². The summed E-state index contributed by atoms with van der Waals surface area (Å²) < 4.78 is 25.4. The van der Waals surface area contributed by atoms with E-state index in [0.29, 0.717) is 6.42 Å². The summed E-state index contributed by atoms with van der Waals surface area (Å²) in [5.41, 5.74) is 5.05. The molecule has 27 heavy (non-hydrogen) atoms. The number of sulfonamides is 1. The van der Waals surface area contributed by atoms with Crippen LogP contribution < -0.4 is 5.14 Å². The first-order valence-electron chi connectivity index (χ1n) is 8.90. The van der Waals surface area contributed by atoms with Crippen LogP contribution in [0, 0.1) is 5.92 Å². The summed E-state index contributed by atoms with van der Waals surface area (Å²) in [7, 11) is -3.75. The number of aromatic nitrogens is 2. The van der Waals surface area contributed by atoms with Crippen molar-refractivity contribution in [2.75, 3.05) is 0 Å². The van der Waals surface area contributed by atoms with Crippen molar-refractivity contribution >= 4 is 10.0 Å². The number of nitrogens with zero attached hydrogens (tertiary/aromatic N) is 2. The monoisotopic (exact) mass is 381 g/mol. The van der Waals surface area contributed by atoms with E-state index in [9.17, 15) is 13.5 Å². The number of primary sulfonamides is 1. The van der Waals surface area contributed by atoms with Gasteiger partial charge in [0, 0.05) is 11.5 Å². The molecule has 3 N–H and O–H groups in total. The second kappa shape index (κ2) is 5.76. The first-order chi connectivity index (χ1) is 12.9. The summed E-state index contributed by atoms with van der Waals surface area (Å²) in [4.78, 5) is 4.39. The molecule has 2 aliphatic rings. The van der Waals surface area contributed by atoms with E-state index in [1.807, 2.05) is 24.7 Å². The number of aliphatic hydroxyl groups is 1. The molecular formula is C20H19N3O3S. The van der Waals surface area contributed by atoms with Crippen LogP contribution in [-0.4, -0.2) is 23.1 Å². The number of aliphatic hydroxyl groups excluding tert-OH is 1. The Hall–Kier alpha value is -2.48. The zero-order valence-electron chi connectivity index (χ0n) is 14.5. The SMILES string of the molecule is NS(=O)(=O)c1ccc2c(c1)CC[C@H]([C@@H]1c3ccccc3-c3cncn31)C2O. The molecule has 0 saturated carbocycles. The molecule has 2 heterocycles. The van der Waals surface area contributed by atoms with Gasteiger partial charge in [-0.05, 0) is 41.7 Å². The molecule has 138 valence electrons. The Kier molecular flexibility index (Phi) is 3.56. The number of nitrogens with two attached hydrogens (primary N) is 1. The molecule has 1 aromatic heterocycles. The van der Waals surface area contributed by atoms with Gasteiger partial charge in [0.2, 0.25) is 10.0 Å². The zero-order valence-corrected chi connectivity index (χ0v) is 15.3. The van der Waals surface area contributed by atoms with Gasteiger partial charge in [0.25, 0.3) is 0 Å². The van der Waals surface area contributed by atoms with Crippen LogP contribution in [0.4, 0.5) is 0 Å². The lowest BCUT2D eigenvalue weighted by molar-refractivity contribution is 0.0719. The van der Waals surface area contributed by atoms with Gasteiger partial charge in [-0.3, -0.25) is 0 Å². The fourth-order valence-electron chi connectivity index (χ4n) is 4.62. The summed E-state index contributed by atoms with van der Waals surface area (Å²) in [5, 5.41) is 16.4. The molecule has 0 fully saturated rings. The van der Waals surface area contributed by atoms with Crippen molar-refractivity contribution in [2.45, 2.75) is 29.9 Å². The van der Waals surface area contributed by atoms with Gasteiger partial charge in [-0.2, -0.15) is 0 Å². The average Bonchev–Trinajstić information content (AvgIpc) is 3.22. The van der Waals surface area contributed by atoms with E-state index < -0.39 is 16.1 Å². The maximum atomic E-state index is 11.6. The Labute approximate surface area is 157 Å². The normalized spacial score (nSPS) is 23.6. The van der Waals surface area contributed by atoms with Crippen molar-refractivity contribution in [1.82, 2.24) is 9.55 Å². The third-order valence-electron chi connectivity index (χ3n) is 5.84. The standard InChI is InChI=1S/C20H19N3O3S/c21-27(25,26)13-6-8-14-12(9-13)5-7-17(20(14)24)19-16-4-2-1-3-15(16)18-10-22-11-23(18)19/h1-4,6,8-11,17,19-20,24H,5,7H2,(H2,21,25,26)/t17-,19+,20?/m1/s1. The van der Waals surface area contributed by atoms with Crippen LogP contribution in [0.15, 0.2) is 59.9 Å². The number of hydrogen-bond donors (Lipinski definition) is 2. The molecule has 1 aliphatic carbocycles. The van der Waals surface area contributed by atoms with Crippen LogP contribution >= 0.6 is 0 Å². The molecule has 0 saturated heterocycles. The zero-order chi connectivity index (χ0) is 18.8. The molecule has 3 aromatic rings. The molecule has 1 unspecified atom stereocenters. The van der Waals surface area contributed by atoms with E-state index in [-0.39, 0.29) is 16.9 Å². The molecule has 0 radical (unpaired) electrons. The predicted molar refractivity (Wildman–Crippen MR) is 100 cm³/mol. The number of hydrogen-bond acceptors (Lipinski definition) is 4. The first-order valence-corrected chi connectivity index (χ1v) is 10.4. The fourth-order valence-corrected chi connectivity index (χ4v) is 5.18. The molecular weight excluding hydrogens is 362 g/mol. The lowest BCUT2D eigenvalue weighted by atomic mass is 9.76. The van der Waals surface area contributed by atoms with Crippen molar-refractivity contribution in [3.8, 4) is 11.3 Å². The number of imidazole rings is 1. The third-order valence-corrected chi connectivity index (χ3v) is 6.75. The van der Waals surface area contributed by atoms with Gasteiger partial charge in [-0.15, -0.1) is 0 Å². The van der Waals surface area contributed by atoms with E-state index in [2.05, 4.69) is 21.7 Å². The van der Waals surface area contributed by atoms with Crippen molar-refractivity contribution in [1.29, 1.82) is 0 Å². The maximum Gasteiger partial charge on any atom is 0.238 e. The molecule has 2 aromatic carbocycles. The maximum absolute atomic E-state index is 11.6. The van der Waals surface area contributed by atoms with Gasteiger partial charge in [0.1, 0.15) is 0 Å². The Balaban J connectivity index is 1.57. The van der Waals surface area contributed by atoms with Gasteiger partial charge in [0.15, 0.2) is 0 Å². The highest BCUT2D eigenvalue weighted by Gasteiger charge is 2.40. The largest absolute Gasteiger partial charge is 0.388 e. The Morgan fingerprint density at radius 2 is 1.96 bits per heavy atom. The van der Waals surface area contributed by atoms with E-state index >= 15 is 0 Å². The summed E-state index contributed by atoms with van der Waals surface area (Å²) in [6, 6.07) is 13.0. The lowest BCUT2D eigenvalue weighted by Crippen LogP contribution is -2.29. The molecule has 5 rings (SSSR count). The Morgan fingerprint density at radius 3 is 2.78 bits per heavy atom. The second-order valence-corrected chi connectivity index (χ2v) is 8.83. The highest BCUT2D eigenvalue weighted by molar-refractivity contribution is 7.89. The molecule has 0 spiro atoms. The van der Waals surface area contributed by atoms with E-state index in [1.165, 1.54) is 11.6 Å². The minimum Gasteiger partial charge on any atom is -0.388 e. The van der Waals surface area contributed by atoms with E-state index in [0.717, 1.165) is 28.8 Å². The van der Waals surface area contributed by atoms with Crippen LogP contribution in [0.5, 0.6) is 0 Å². The molecule has 3 atom stereocenters. The third kappa shape index (κ3) is 2.46. The smallest absolute Gasteiger partial charge is 0.238 e. The van der Waals surface area contributed by atoms with Crippen LogP contribution in [-0.2, 0) is 16.4 Å². The van der Waals surface area contributed by atoms with Crippen molar-refractivity contribution in [3.63, 3.8) is 0 Å². The van der Waals surface area contributed by atoms with Crippen molar-refractivity contribution < 1.29 is 13.5 Å². The Bertz CT molecular complexity index is 1150. The van der Waals surface area contributed by atoms with E-state index in [1.54, 1.807) is 12.1 Å². The highest BCUT2D eigenvalue weighted by Crippen LogP contribution is 2.49. The summed E-state index contributed by atoms with van der Waals surface area (Å²) in [6.45, 7) is 0. The molecule has 1 aliphatic heterocycles. The Morgan fingerprint density at radius 1 is 1.15 bits per heavy atom. The van der Waals surface area contributed by atoms with Gasteiger partial charge in [-0.1, -0.05) is 30.3 Å². The minimum atomic E-state index is -3.75. The molecule has 6 nitrogen and oxygen atoms in total. The fraction of sp³-hybridized carbons (Fsp3) is 0.250. The van der Waals surface area contributed by atoms with Crippen molar-refractivity contribution in [3.05, 3.63) is 71.7 Å². The van der Waals surface area contributed by atoms with E-state index in [4.69, 9.17) is 5.14 Å².